The van der Waals surface area contributed by atoms with Crippen molar-refractivity contribution in [3.05, 3.63) is 35.9 Å². The average molecular weight is 233 g/mol. The summed E-state index contributed by atoms with van der Waals surface area (Å²) in [6.07, 6.45) is 1.48. The van der Waals surface area contributed by atoms with Gasteiger partial charge >= 0.3 is 5.97 Å². The first-order valence-electron chi connectivity index (χ1n) is 5.73. The molecule has 0 bridgehead atoms. The van der Waals surface area contributed by atoms with Crippen molar-refractivity contribution >= 4 is 11.8 Å². The predicted molar refractivity (Wildman–Crippen MR) is 63.0 cm³/mol. The highest BCUT2D eigenvalue weighted by molar-refractivity contribution is 5.97. The van der Waals surface area contributed by atoms with Gasteiger partial charge in [0.05, 0.1) is 6.54 Å². The summed E-state index contributed by atoms with van der Waals surface area (Å²) in [6.45, 7) is 0.885. The van der Waals surface area contributed by atoms with Crippen LogP contribution >= 0.6 is 0 Å². The lowest BCUT2D eigenvalue weighted by atomic mass is 10.1. The maximum atomic E-state index is 11.9. The predicted octanol–water partition coefficient (Wildman–Crippen LogP) is 1.42. The number of carboxylic acid groups (broad SMARTS) is 1. The van der Waals surface area contributed by atoms with Gasteiger partial charge in [0.1, 0.15) is 6.04 Å². The van der Waals surface area contributed by atoms with Crippen molar-refractivity contribution in [2.45, 2.75) is 18.9 Å². The van der Waals surface area contributed by atoms with Crippen LogP contribution in [0.25, 0.3) is 0 Å². The second-order valence-corrected chi connectivity index (χ2v) is 4.26. The van der Waals surface area contributed by atoms with Gasteiger partial charge in [-0.25, -0.2) is 0 Å². The largest absolute Gasteiger partial charge is 0.480 e. The number of likely N-dealkylation sites (tertiary alicyclic amines) is 1. The number of carbonyl (C=O) groups is 2. The van der Waals surface area contributed by atoms with E-state index in [9.17, 15) is 9.59 Å². The van der Waals surface area contributed by atoms with E-state index in [4.69, 9.17) is 5.11 Å². The van der Waals surface area contributed by atoms with E-state index in [1.54, 1.807) is 17.0 Å². The Hall–Kier alpha value is -1.68. The normalized spacial score (nSPS) is 20.4. The number of ketones is 1. The van der Waals surface area contributed by atoms with E-state index in [2.05, 4.69) is 0 Å². The van der Waals surface area contributed by atoms with Crippen molar-refractivity contribution in [3.63, 3.8) is 0 Å². The van der Waals surface area contributed by atoms with Gasteiger partial charge in [-0.05, 0) is 19.4 Å². The van der Waals surface area contributed by atoms with E-state index in [1.807, 2.05) is 18.2 Å². The van der Waals surface area contributed by atoms with Crippen LogP contribution in [0.3, 0.4) is 0 Å². The number of carbonyl (C=O) groups excluding carboxylic acids is 1. The van der Waals surface area contributed by atoms with E-state index in [1.165, 1.54) is 0 Å². The molecule has 1 atom stereocenters. The molecule has 1 aromatic carbocycles. The smallest absolute Gasteiger partial charge is 0.320 e. The van der Waals surface area contributed by atoms with Crippen molar-refractivity contribution in [3.8, 4) is 0 Å². The van der Waals surface area contributed by atoms with Crippen LogP contribution in [0.1, 0.15) is 23.2 Å². The summed E-state index contributed by atoms with van der Waals surface area (Å²) in [5.74, 6) is -0.845. The highest BCUT2D eigenvalue weighted by Gasteiger charge is 2.31. The molecule has 1 aliphatic heterocycles. The molecule has 1 saturated heterocycles. The van der Waals surface area contributed by atoms with Crippen molar-refractivity contribution < 1.29 is 14.7 Å². The molecule has 2 rings (SSSR count). The molecular weight excluding hydrogens is 218 g/mol. The molecule has 0 radical (unpaired) electrons. The quantitative estimate of drug-likeness (QED) is 0.799. The Morgan fingerprint density at radius 3 is 2.65 bits per heavy atom. The standard InChI is InChI=1S/C13H15NO3/c15-12(10-5-2-1-3-6-10)9-14-8-4-7-11(14)13(16)17/h1-3,5-6,11H,4,7-9H2,(H,16,17). The number of Topliss-reactive ketones (excluding diaryl/α,β-unsaturated/α-hetero) is 1. The van der Waals surface area contributed by atoms with Crippen molar-refractivity contribution in [1.29, 1.82) is 0 Å². The molecule has 0 amide bonds. The van der Waals surface area contributed by atoms with Gasteiger partial charge in [-0.15, -0.1) is 0 Å². The molecule has 1 aromatic rings. The zero-order chi connectivity index (χ0) is 12.3. The van der Waals surface area contributed by atoms with E-state index >= 15 is 0 Å². The Kier molecular flexibility index (Phi) is 3.54. The Morgan fingerprint density at radius 1 is 1.29 bits per heavy atom. The molecule has 0 spiro atoms. The lowest BCUT2D eigenvalue weighted by Gasteiger charge is -2.19. The van der Waals surface area contributed by atoms with Crippen molar-refractivity contribution in [2.75, 3.05) is 13.1 Å². The summed E-state index contributed by atoms with van der Waals surface area (Å²) in [6, 6.07) is 8.50. The highest BCUT2D eigenvalue weighted by atomic mass is 16.4. The van der Waals surface area contributed by atoms with E-state index < -0.39 is 12.0 Å². The average Bonchev–Trinajstić information content (AvgIpc) is 2.78. The maximum absolute atomic E-state index is 11.9. The Bertz CT molecular complexity index is 416. The second-order valence-electron chi connectivity index (χ2n) is 4.26. The first-order valence-corrected chi connectivity index (χ1v) is 5.73. The van der Waals surface area contributed by atoms with E-state index in [0.717, 1.165) is 6.42 Å². The van der Waals surface area contributed by atoms with Gasteiger partial charge in [0.25, 0.3) is 0 Å². The van der Waals surface area contributed by atoms with Crippen LogP contribution in [-0.4, -0.2) is 40.9 Å². The first kappa shape index (κ1) is 11.8. The molecule has 1 unspecified atom stereocenters. The Labute approximate surface area is 99.9 Å². The monoisotopic (exact) mass is 233 g/mol. The molecule has 4 nitrogen and oxygen atoms in total. The number of carboxylic acids is 1. The number of nitrogens with zero attached hydrogens (tertiary/aromatic N) is 1. The minimum atomic E-state index is -0.830. The van der Waals surface area contributed by atoms with Gasteiger partial charge in [0.15, 0.2) is 5.78 Å². The zero-order valence-electron chi connectivity index (χ0n) is 9.50. The lowest BCUT2D eigenvalue weighted by molar-refractivity contribution is -0.141. The summed E-state index contributed by atoms with van der Waals surface area (Å²) in [5.41, 5.74) is 0.642. The van der Waals surface area contributed by atoms with Crippen molar-refractivity contribution in [1.82, 2.24) is 4.90 Å². The number of hydrogen-bond donors (Lipinski definition) is 1. The first-order chi connectivity index (χ1) is 8.18. The summed E-state index contributed by atoms with van der Waals surface area (Å²) < 4.78 is 0. The molecule has 0 aliphatic carbocycles. The fourth-order valence-corrected chi connectivity index (χ4v) is 2.19. The van der Waals surface area contributed by atoms with Crippen molar-refractivity contribution in [2.24, 2.45) is 0 Å². The minimum Gasteiger partial charge on any atom is -0.480 e. The van der Waals surface area contributed by atoms with Gasteiger partial charge in [0, 0.05) is 5.56 Å². The van der Waals surface area contributed by atoms with Crippen LogP contribution in [0.2, 0.25) is 0 Å². The van der Waals surface area contributed by atoms with Gasteiger partial charge in [0.2, 0.25) is 0 Å². The molecule has 1 aliphatic rings. The zero-order valence-corrected chi connectivity index (χ0v) is 9.50. The van der Waals surface area contributed by atoms with Crippen LogP contribution < -0.4 is 0 Å². The molecule has 17 heavy (non-hydrogen) atoms. The molecular formula is C13H15NO3. The topological polar surface area (TPSA) is 57.6 Å². The Balaban J connectivity index is 2.02. The summed E-state index contributed by atoms with van der Waals surface area (Å²) in [7, 11) is 0. The molecule has 4 heteroatoms. The van der Waals surface area contributed by atoms with Gasteiger partial charge in [-0.1, -0.05) is 30.3 Å². The van der Waals surface area contributed by atoms with Gasteiger partial charge in [-0.3, -0.25) is 14.5 Å². The van der Waals surface area contributed by atoms with Gasteiger partial charge in [-0.2, -0.15) is 0 Å². The third-order valence-electron chi connectivity index (χ3n) is 3.09. The SMILES string of the molecule is O=C(CN1CCCC1C(=O)O)c1ccccc1. The molecule has 0 saturated carbocycles. The van der Waals surface area contributed by atoms with Crippen LogP contribution in [-0.2, 0) is 4.79 Å². The summed E-state index contributed by atoms with van der Waals surface area (Å²) in [5, 5.41) is 9.01. The maximum Gasteiger partial charge on any atom is 0.320 e. The molecule has 90 valence electrons. The summed E-state index contributed by atoms with van der Waals surface area (Å²) >= 11 is 0. The second kappa shape index (κ2) is 5.10. The number of hydrogen-bond acceptors (Lipinski definition) is 3. The fourth-order valence-electron chi connectivity index (χ4n) is 2.19. The number of benzene rings is 1. The Morgan fingerprint density at radius 2 is 2.00 bits per heavy atom. The van der Waals surface area contributed by atoms with E-state index in [0.29, 0.717) is 18.5 Å². The molecule has 1 heterocycles. The highest BCUT2D eigenvalue weighted by Crippen LogP contribution is 2.17. The van der Waals surface area contributed by atoms with Crippen LogP contribution in [0.4, 0.5) is 0 Å². The number of aliphatic carboxylic acids is 1. The van der Waals surface area contributed by atoms with Crippen LogP contribution in [0.5, 0.6) is 0 Å². The van der Waals surface area contributed by atoms with Crippen LogP contribution in [0, 0.1) is 0 Å². The minimum absolute atomic E-state index is 0.0150. The van der Waals surface area contributed by atoms with Crippen LogP contribution in [0.15, 0.2) is 30.3 Å². The summed E-state index contributed by atoms with van der Waals surface area (Å²) in [4.78, 5) is 24.7. The lowest BCUT2D eigenvalue weighted by Crippen LogP contribution is -2.39. The van der Waals surface area contributed by atoms with Gasteiger partial charge < -0.3 is 5.11 Å². The van der Waals surface area contributed by atoms with E-state index in [-0.39, 0.29) is 12.3 Å². The molecule has 1 N–H and O–H groups in total. The third kappa shape index (κ3) is 2.71. The fraction of sp³-hybridized carbons (Fsp3) is 0.385. The molecule has 1 fully saturated rings. The number of rotatable bonds is 4. The third-order valence-corrected chi connectivity index (χ3v) is 3.09. The molecule has 0 aromatic heterocycles.